The summed E-state index contributed by atoms with van der Waals surface area (Å²) in [6, 6.07) is 7.73. The fourth-order valence-electron chi connectivity index (χ4n) is 1.26. The molecule has 14 heavy (non-hydrogen) atoms. The van der Waals surface area contributed by atoms with E-state index in [2.05, 4.69) is 0 Å². The first-order chi connectivity index (χ1) is 6.65. The number of hydrogen-bond acceptors (Lipinski definition) is 2. The van der Waals surface area contributed by atoms with Gasteiger partial charge in [0, 0.05) is 18.2 Å². The van der Waals surface area contributed by atoms with E-state index in [1.165, 1.54) is 0 Å². The van der Waals surface area contributed by atoms with Crippen molar-refractivity contribution < 1.29 is 4.74 Å². The van der Waals surface area contributed by atoms with Crippen molar-refractivity contribution in [2.75, 3.05) is 7.11 Å². The quantitative estimate of drug-likeness (QED) is 0.833. The third-order valence-corrected chi connectivity index (χ3v) is 2.76. The van der Waals surface area contributed by atoms with Gasteiger partial charge in [0.25, 0.3) is 0 Å². The molecular weight excluding hydrogens is 198 g/mol. The van der Waals surface area contributed by atoms with Crippen LogP contribution in [0.2, 0.25) is 5.02 Å². The Morgan fingerprint density at radius 2 is 2.07 bits per heavy atom. The first kappa shape index (κ1) is 11.5. The van der Waals surface area contributed by atoms with E-state index >= 15 is 0 Å². The maximum absolute atomic E-state index is 6.02. The molecule has 0 aliphatic rings. The minimum Gasteiger partial charge on any atom is -0.380 e. The fraction of sp³-hybridized carbons (Fsp3) is 0.455. The van der Waals surface area contributed by atoms with Gasteiger partial charge in [-0.25, -0.2) is 0 Å². The smallest absolute Gasteiger partial charge is 0.0697 e. The third kappa shape index (κ3) is 2.98. The molecule has 0 aliphatic heterocycles. The summed E-state index contributed by atoms with van der Waals surface area (Å²) < 4.78 is 5.16. The van der Waals surface area contributed by atoms with E-state index in [1.54, 1.807) is 7.11 Å². The predicted molar refractivity (Wildman–Crippen MR) is 59.6 cm³/mol. The number of benzene rings is 1. The highest BCUT2D eigenvalue weighted by atomic mass is 35.5. The van der Waals surface area contributed by atoms with E-state index in [-0.39, 0.29) is 12.1 Å². The number of nitrogens with two attached hydrogens (primary N) is 1. The summed E-state index contributed by atoms with van der Waals surface area (Å²) in [6.45, 7) is 1.96. The van der Waals surface area contributed by atoms with Crippen molar-refractivity contribution in [1.29, 1.82) is 0 Å². The zero-order chi connectivity index (χ0) is 10.6. The molecule has 0 saturated carbocycles. The standard InChI is InChI=1S/C11H16ClNO/c1-8(14-2)11(13)7-9-5-3-4-6-10(9)12/h3-6,8,11H,7,13H2,1-2H3. The molecule has 0 saturated heterocycles. The Balaban J connectivity index is 2.64. The normalized spacial score (nSPS) is 15.1. The Morgan fingerprint density at radius 3 is 2.64 bits per heavy atom. The third-order valence-electron chi connectivity index (χ3n) is 2.39. The van der Waals surface area contributed by atoms with E-state index in [1.807, 2.05) is 31.2 Å². The van der Waals surface area contributed by atoms with E-state index in [0.717, 1.165) is 17.0 Å². The van der Waals surface area contributed by atoms with Crippen LogP contribution in [0.3, 0.4) is 0 Å². The summed E-state index contributed by atoms with van der Waals surface area (Å²) in [5, 5.41) is 0.770. The van der Waals surface area contributed by atoms with Crippen LogP contribution >= 0.6 is 11.6 Å². The molecule has 0 aliphatic carbocycles. The molecule has 0 spiro atoms. The molecule has 0 fully saturated rings. The monoisotopic (exact) mass is 213 g/mol. The second-order valence-electron chi connectivity index (χ2n) is 3.40. The summed E-state index contributed by atoms with van der Waals surface area (Å²) in [6.07, 6.45) is 0.792. The maximum atomic E-state index is 6.02. The van der Waals surface area contributed by atoms with Crippen LogP contribution in [-0.4, -0.2) is 19.3 Å². The van der Waals surface area contributed by atoms with Crippen molar-refractivity contribution in [1.82, 2.24) is 0 Å². The Morgan fingerprint density at radius 1 is 1.43 bits per heavy atom. The van der Waals surface area contributed by atoms with E-state index in [9.17, 15) is 0 Å². The minimum absolute atomic E-state index is 0.0140. The molecule has 3 heteroatoms. The second kappa shape index (κ2) is 5.35. The Labute approximate surface area is 90.0 Å². The van der Waals surface area contributed by atoms with E-state index in [0.29, 0.717) is 0 Å². The van der Waals surface area contributed by atoms with Crippen LogP contribution in [0.5, 0.6) is 0 Å². The maximum Gasteiger partial charge on any atom is 0.0697 e. The summed E-state index contributed by atoms with van der Waals surface area (Å²) in [4.78, 5) is 0. The number of rotatable bonds is 4. The van der Waals surface area contributed by atoms with Crippen LogP contribution in [0.25, 0.3) is 0 Å². The van der Waals surface area contributed by atoms with Gasteiger partial charge in [0.2, 0.25) is 0 Å². The highest BCUT2D eigenvalue weighted by molar-refractivity contribution is 6.31. The molecule has 1 aromatic rings. The van der Waals surface area contributed by atoms with Crippen LogP contribution < -0.4 is 5.73 Å². The van der Waals surface area contributed by atoms with Crippen LogP contribution in [-0.2, 0) is 11.2 Å². The molecule has 2 unspecified atom stereocenters. The first-order valence-corrected chi connectivity index (χ1v) is 5.04. The van der Waals surface area contributed by atoms with Crippen molar-refractivity contribution >= 4 is 11.6 Å². The largest absolute Gasteiger partial charge is 0.380 e. The zero-order valence-corrected chi connectivity index (χ0v) is 9.29. The van der Waals surface area contributed by atoms with Gasteiger partial charge in [-0.2, -0.15) is 0 Å². The van der Waals surface area contributed by atoms with Crippen LogP contribution in [0.15, 0.2) is 24.3 Å². The highest BCUT2D eigenvalue weighted by Crippen LogP contribution is 2.17. The Kier molecular flexibility index (Phi) is 4.39. The van der Waals surface area contributed by atoms with E-state index in [4.69, 9.17) is 22.1 Å². The molecule has 0 bridgehead atoms. The molecule has 78 valence electrons. The van der Waals surface area contributed by atoms with Crippen LogP contribution in [0.4, 0.5) is 0 Å². The lowest BCUT2D eigenvalue weighted by Crippen LogP contribution is -2.35. The van der Waals surface area contributed by atoms with Gasteiger partial charge < -0.3 is 10.5 Å². The summed E-state index contributed by atoms with van der Waals surface area (Å²) in [5.74, 6) is 0. The predicted octanol–water partition coefficient (Wildman–Crippen LogP) is 2.24. The second-order valence-corrected chi connectivity index (χ2v) is 3.81. The van der Waals surface area contributed by atoms with Crippen molar-refractivity contribution in [3.63, 3.8) is 0 Å². The van der Waals surface area contributed by atoms with Crippen molar-refractivity contribution in [2.45, 2.75) is 25.5 Å². The van der Waals surface area contributed by atoms with Gasteiger partial charge in [-0.05, 0) is 25.0 Å². The molecule has 2 atom stereocenters. The molecule has 1 rings (SSSR count). The minimum atomic E-state index is -0.0140. The molecule has 0 radical (unpaired) electrons. The molecule has 1 aromatic carbocycles. The summed E-state index contributed by atoms with van der Waals surface area (Å²) in [7, 11) is 1.66. The lowest BCUT2D eigenvalue weighted by Gasteiger charge is -2.18. The van der Waals surface area contributed by atoms with Gasteiger partial charge in [0.1, 0.15) is 0 Å². The molecular formula is C11H16ClNO. The SMILES string of the molecule is COC(C)C(N)Cc1ccccc1Cl. The Hall–Kier alpha value is -0.570. The van der Waals surface area contributed by atoms with Gasteiger partial charge in [0.15, 0.2) is 0 Å². The van der Waals surface area contributed by atoms with Gasteiger partial charge in [-0.15, -0.1) is 0 Å². The number of hydrogen-bond donors (Lipinski definition) is 1. The summed E-state index contributed by atoms with van der Waals surface area (Å²) in [5.41, 5.74) is 7.02. The van der Waals surface area contributed by atoms with Gasteiger partial charge >= 0.3 is 0 Å². The summed E-state index contributed by atoms with van der Waals surface area (Å²) >= 11 is 6.02. The molecule has 0 aromatic heterocycles. The highest BCUT2D eigenvalue weighted by Gasteiger charge is 2.13. The number of halogens is 1. The Bertz CT molecular complexity index is 290. The first-order valence-electron chi connectivity index (χ1n) is 4.67. The molecule has 2 nitrogen and oxygen atoms in total. The van der Waals surface area contributed by atoms with Crippen molar-refractivity contribution in [2.24, 2.45) is 5.73 Å². The number of ether oxygens (including phenoxy) is 1. The lowest BCUT2D eigenvalue weighted by atomic mass is 10.0. The average Bonchev–Trinajstić information content (AvgIpc) is 2.20. The van der Waals surface area contributed by atoms with Gasteiger partial charge in [-0.3, -0.25) is 0 Å². The van der Waals surface area contributed by atoms with Gasteiger partial charge in [0.05, 0.1) is 6.10 Å². The zero-order valence-electron chi connectivity index (χ0n) is 8.53. The number of methoxy groups -OCH3 is 1. The fourth-order valence-corrected chi connectivity index (χ4v) is 1.47. The van der Waals surface area contributed by atoms with Crippen molar-refractivity contribution in [3.05, 3.63) is 34.9 Å². The van der Waals surface area contributed by atoms with Crippen LogP contribution in [0.1, 0.15) is 12.5 Å². The topological polar surface area (TPSA) is 35.2 Å². The lowest BCUT2D eigenvalue weighted by molar-refractivity contribution is 0.0956. The van der Waals surface area contributed by atoms with Crippen molar-refractivity contribution in [3.8, 4) is 0 Å². The van der Waals surface area contributed by atoms with E-state index < -0.39 is 0 Å². The van der Waals surface area contributed by atoms with Crippen LogP contribution in [0, 0.1) is 0 Å². The molecule has 2 N–H and O–H groups in total. The molecule has 0 amide bonds. The average molecular weight is 214 g/mol. The van der Waals surface area contributed by atoms with Gasteiger partial charge in [-0.1, -0.05) is 29.8 Å². The molecule has 0 heterocycles.